The second-order valence-electron chi connectivity index (χ2n) is 12.0. The standard InChI is InChI=1S/C40H55NO5/c1-4-7-10-12-14-16-27-44-35-25-26-37(39(30-35)45-28-17-15-13-11-8-5-2)40(43)46-36-24-21-33(38(42)29-36)31-41-34-22-19-32(20-23-34)18-9-6-3/h19-26,29-31,42H,4-18,27-28H2,1-3H3. The summed E-state index contributed by atoms with van der Waals surface area (Å²) in [5.41, 5.74) is 2.96. The van der Waals surface area contributed by atoms with Crippen LogP contribution in [0.4, 0.5) is 5.69 Å². The number of aromatic hydroxyl groups is 1. The van der Waals surface area contributed by atoms with E-state index in [0.29, 0.717) is 35.8 Å². The van der Waals surface area contributed by atoms with Gasteiger partial charge < -0.3 is 19.3 Å². The van der Waals surface area contributed by atoms with Crippen molar-refractivity contribution in [2.45, 2.75) is 117 Å². The van der Waals surface area contributed by atoms with Gasteiger partial charge in [0.1, 0.15) is 28.6 Å². The van der Waals surface area contributed by atoms with Gasteiger partial charge in [-0.05, 0) is 67.6 Å². The van der Waals surface area contributed by atoms with E-state index >= 15 is 0 Å². The Kier molecular flexibility index (Phi) is 17.4. The molecular formula is C40H55NO5. The molecule has 250 valence electrons. The highest BCUT2D eigenvalue weighted by atomic mass is 16.5. The minimum atomic E-state index is -0.551. The largest absolute Gasteiger partial charge is 0.507 e. The number of unbranched alkanes of at least 4 members (excludes halogenated alkanes) is 11. The number of aryl methyl sites for hydroxylation is 1. The third-order valence-electron chi connectivity index (χ3n) is 8.02. The van der Waals surface area contributed by atoms with Gasteiger partial charge in [0, 0.05) is 23.9 Å². The summed E-state index contributed by atoms with van der Waals surface area (Å²) in [6, 6.07) is 18.2. The van der Waals surface area contributed by atoms with Crippen molar-refractivity contribution in [3.63, 3.8) is 0 Å². The number of phenols is 1. The Labute approximate surface area is 277 Å². The number of esters is 1. The zero-order valence-corrected chi connectivity index (χ0v) is 28.4. The van der Waals surface area contributed by atoms with Gasteiger partial charge in [-0.25, -0.2) is 4.79 Å². The molecule has 46 heavy (non-hydrogen) atoms. The number of aliphatic imine (C=N–C) groups is 1. The van der Waals surface area contributed by atoms with Crippen LogP contribution in [0.3, 0.4) is 0 Å². The van der Waals surface area contributed by atoms with E-state index < -0.39 is 5.97 Å². The Morgan fingerprint density at radius 2 is 1.28 bits per heavy atom. The van der Waals surface area contributed by atoms with Crippen LogP contribution in [0.2, 0.25) is 0 Å². The average molecular weight is 630 g/mol. The van der Waals surface area contributed by atoms with Gasteiger partial charge >= 0.3 is 5.97 Å². The summed E-state index contributed by atoms with van der Waals surface area (Å²) in [5, 5.41) is 10.6. The second kappa shape index (κ2) is 21.9. The highest BCUT2D eigenvalue weighted by Gasteiger charge is 2.17. The second-order valence-corrected chi connectivity index (χ2v) is 12.0. The molecule has 6 nitrogen and oxygen atoms in total. The van der Waals surface area contributed by atoms with Gasteiger partial charge in [0.05, 0.1) is 18.9 Å². The van der Waals surface area contributed by atoms with E-state index in [0.717, 1.165) is 37.8 Å². The third kappa shape index (κ3) is 13.7. The first-order chi connectivity index (χ1) is 22.5. The first kappa shape index (κ1) is 36.7. The summed E-state index contributed by atoms with van der Waals surface area (Å²) in [5.74, 6) is 0.800. The molecule has 0 aromatic heterocycles. The molecule has 0 aliphatic heterocycles. The van der Waals surface area contributed by atoms with Crippen molar-refractivity contribution in [2.24, 2.45) is 4.99 Å². The van der Waals surface area contributed by atoms with E-state index in [2.05, 4.69) is 37.9 Å². The number of phenolic OH excluding ortho intramolecular Hbond substituents is 1. The monoisotopic (exact) mass is 629 g/mol. The van der Waals surface area contributed by atoms with Crippen molar-refractivity contribution in [3.8, 4) is 23.0 Å². The molecule has 0 atom stereocenters. The van der Waals surface area contributed by atoms with Crippen LogP contribution in [0.1, 0.15) is 132 Å². The lowest BCUT2D eigenvalue weighted by Gasteiger charge is -2.14. The fourth-order valence-corrected chi connectivity index (χ4v) is 5.15. The van der Waals surface area contributed by atoms with E-state index in [9.17, 15) is 9.90 Å². The van der Waals surface area contributed by atoms with Gasteiger partial charge in [-0.15, -0.1) is 0 Å². The minimum absolute atomic E-state index is 0.0217. The molecule has 0 aliphatic rings. The molecule has 1 N–H and O–H groups in total. The van der Waals surface area contributed by atoms with E-state index in [1.54, 1.807) is 36.5 Å². The molecular weight excluding hydrogens is 574 g/mol. The van der Waals surface area contributed by atoms with Crippen LogP contribution in [0.15, 0.2) is 65.7 Å². The van der Waals surface area contributed by atoms with Crippen LogP contribution in [0.5, 0.6) is 23.0 Å². The van der Waals surface area contributed by atoms with Crippen molar-refractivity contribution < 1.29 is 24.1 Å². The SMILES string of the molecule is CCCCCCCCOc1ccc(C(=O)Oc2ccc(C=Nc3ccc(CCCC)cc3)c(O)c2)c(OCCCCCCCC)c1. The Hall–Kier alpha value is -3.80. The summed E-state index contributed by atoms with van der Waals surface area (Å²) in [7, 11) is 0. The van der Waals surface area contributed by atoms with Crippen LogP contribution < -0.4 is 14.2 Å². The number of carbonyl (C=O) groups excluding carboxylic acids is 1. The number of carbonyl (C=O) groups is 1. The number of benzene rings is 3. The van der Waals surface area contributed by atoms with E-state index in [1.165, 1.54) is 75.8 Å². The zero-order valence-electron chi connectivity index (χ0n) is 28.4. The molecule has 3 aromatic rings. The molecule has 0 radical (unpaired) electrons. The molecule has 0 saturated carbocycles. The number of ether oxygens (including phenoxy) is 3. The lowest BCUT2D eigenvalue weighted by molar-refractivity contribution is 0.0730. The highest BCUT2D eigenvalue weighted by Crippen LogP contribution is 2.29. The Bertz CT molecular complexity index is 1320. The van der Waals surface area contributed by atoms with Gasteiger partial charge in [0.25, 0.3) is 0 Å². The fraction of sp³-hybridized carbons (Fsp3) is 0.500. The van der Waals surface area contributed by atoms with Crippen molar-refractivity contribution in [3.05, 3.63) is 77.4 Å². The Morgan fingerprint density at radius 1 is 0.674 bits per heavy atom. The fourth-order valence-electron chi connectivity index (χ4n) is 5.15. The van der Waals surface area contributed by atoms with Crippen LogP contribution in [-0.2, 0) is 6.42 Å². The van der Waals surface area contributed by atoms with Gasteiger partial charge in [-0.3, -0.25) is 4.99 Å². The minimum Gasteiger partial charge on any atom is -0.507 e. The van der Waals surface area contributed by atoms with Crippen molar-refractivity contribution >= 4 is 17.9 Å². The van der Waals surface area contributed by atoms with Gasteiger partial charge in [0.2, 0.25) is 0 Å². The number of nitrogens with zero attached hydrogens (tertiary/aromatic N) is 1. The molecule has 6 heteroatoms. The van der Waals surface area contributed by atoms with E-state index in [4.69, 9.17) is 14.2 Å². The maximum absolute atomic E-state index is 13.3. The molecule has 0 spiro atoms. The normalized spacial score (nSPS) is 11.2. The summed E-state index contributed by atoms with van der Waals surface area (Å²) in [6.07, 6.45) is 19.1. The lowest BCUT2D eigenvalue weighted by Crippen LogP contribution is -2.12. The molecule has 0 aliphatic carbocycles. The summed E-state index contributed by atoms with van der Waals surface area (Å²) in [6.45, 7) is 7.77. The predicted octanol–water partition coefficient (Wildman–Crippen LogP) is 11.2. The van der Waals surface area contributed by atoms with Gasteiger partial charge in [0.15, 0.2) is 0 Å². The molecule has 0 fully saturated rings. The molecule has 0 unspecified atom stereocenters. The lowest BCUT2D eigenvalue weighted by atomic mass is 10.1. The summed E-state index contributed by atoms with van der Waals surface area (Å²) < 4.78 is 17.8. The first-order valence-corrected chi connectivity index (χ1v) is 17.6. The average Bonchev–Trinajstić information content (AvgIpc) is 3.06. The van der Waals surface area contributed by atoms with Crippen LogP contribution in [0, 0.1) is 0 Å². The molecule has 0 saturated heterocycles. The Morgan fingerprint density at radius 3 is 1.93 bits per heavy atom. The number of rotatable bonds is 23. The zero-order chi connectivity index (χ0) is 32.8. The Balaban J connectivity index is 1.62. The van der Waals surface area contributed by atoms with Gasteiger partial charge in [-0.2, -0.15) is 0 Å². The van der Waals surface area contributed by atoms with E-state index in [-0.39, 0.29) is 11.5 Å². The van der Waals surface area contributed by atoms with Crippen molar-refractivity contribution in [1.29, 1.82) is 0 Å². The van der Waals surface area contributed by atoms with Crippen LogP contribution >= 0.6 is 0 Å². The third-order valence-corrected chi connectivity index (χ3v) is 8.02. The molecule has 3 rings (SSSR count). The van der Waals surface area contributed by atoms with Crippen molar-refractivity contribution in [1.82, 2.24) is 0 Å². The van der Waals surface area contributed by atoms with E-state index in [1.807, 2.05) is 12.1 Å². The molecule has 0 amide bonds. The summed E-state index contributed by atoms with van der Waals surface area (Å²) >= 11 is 0. The molecule has 3 aromatic carbocycles. The topological polar surface area (TPSA) is 77.4 Å². The number of hydrogen-bond acceptors (Lipinski definition) is 6. The quantitative estimate of drug-likeness (QED) is 0.0489. The number of hydrogen-bond donors (Lipinski definition) is 1. The highest BCUT2D eigenvalue weighted by molar-refractivity contribution is 5.94. The van der Waals surface area contributed by atoms with Crippen LogP contribution in [0.25, 0.3) is 0 Å². The maximum atomic E-state index is 13.3. The smallest absolute Gasteiger partial charge is 0.347 e. The maximum Gasteiger partial charge on any atom is 0.347 e. The molecule has 0 heterocycles. The first-order valence-electron chi connectivity index (χ1n) is 17.6. The van der Waals surface area contributed by atoms with Crippen LogP contribution in [-0.4, -0.2) is 30.5 Å². The molecule has 0 bridgehead atoms. The predicted molar refractivity (Wildman–Crippen MR) is 190 cm³/mol. The summed E-state index contributed by atoms with van der Waals surface area (Å²) in [4.78, 5) is 17.8. The van der Waals surface area contributed by atoms with Crippen molar-refractivity contribution in [2.75, 3.05) is 13.2 Å². The van der Waals surface area contributed by atoms with Gasteiger partial charge in [-0.1, -0.05) is 104 Å².